The van der Waals surface area contributed by atoms with Crippen LogP contribution in [0.3, 0.4) is 0 Å². The Kier molecular flexibility index (Phi) is 2.72. The molecule has 1 rings (SSSR count). The molecule has 0 aliphatic carbocycles. The summed E-state index contributed by atoms with van der Waals surface area (Å²) in [6.07, 6.45) is 9.83. The van der Waals surface area contributed by atoms with Crippen LogP contribution in [-0.4, -0.2) is 28.7 Å². The van der Waals surface area contributed by atoms with Crippen LogP contribution in [-0.2, 0) is 0 Å². The van der Waals surface area contributed by atoms with Crippen molar-refractivity contribution in [2.45, 2.75) is 0 Å². The van der Waals surface area contributed by atoms with Crippen LogP contribution < -0.4 is 0 Å². The highest BCUT2D eigenvalue weighted by atomic mass is 32.3. The van der Waals surface area contributed by atoms with Crippen molar-refractivity contribution in [3.8, 4) is 11.2 Å². The van der Waals surface area contributed by atoms with E-state index in [0.29, 0.717) is 5.82 Å². The molecule has 0 atom stereocenters. The smallest absolute Gasteiger partial charge is 0.205 e. The van der Waals surface area contributed by atoms with Crippen LogP contribution in [0.2, 0.25) is 0 Å². The SMILES string of the molecule is CS(C)(C)C#Cc1ncccn1. The van der Waals surface area contributed by atoms with E-state index < -0.39 is 10.0 Å². The second kappa shape index (κ2) is 3.59. The lowest BCUT2D eigenvalue weighted by Crippen LogP contribution is -1.88. The molecule has 0 bridgehead atoms. The van der Waals surface area contributed by atoms with Crippen molar-refractivity contribution in [1.82, 2.24) is 9.97 Å². The minimum atomic E-state index is -0.763. The summed E-state index contributed by atoms with van der Waals surface area (Å²) in [4.78, 5) is 8.02. The van der Waals surface area contributed by atoms with Crippen LogP contribution >= 0.6 is 10.0 Å². The highest BCUT2D eigenvalue weighted by Crippen LogP contribution is 2.32. The molecule has 0 spiro atoms. The zero-order valence-electron chi connectivity index (χ0n) is 7.53. The Morgan fingerprint density at radius 1 is 1.17 bits per heavy atom. The third-order valence-electron chi connectivity index (χ3n) is 1.03. The molecule has 0 aliphatic heterocycles. The van der Waals surface area contributed by atoms with Gasteiger partial charge in [-0.05, 0) is 36.0 Å². The van der Waals surface area contributed by atoms with Crippen LogP contribution in [0.15, 0.2) is 18.5 Å². The van der Waals surface area contributed by atoms with Crippen molar-refractivity contribution in [2.75, 3.05) is 18.8 Å². The zero-order valence-corrected chi connectivity index (χ0v) is 8.35. The molecule has 0 saturated heterocycles. The van der Waals surface area contributed by atoms with E-state index >= 15 is 0 Å². The largest absolute Gasteiger partial charge is 0.229 e. The van der Waals surface area contributed by atoms with Crippen molar-refractivity contribution < 1.29 is 0 Å². The van der Waals surface area contributed by atoms with Gasteiger partial charge >= 0.3 is 0 Å². The van der Waals surface area contributed by atoms with Crippen LogP contribution in [0.1, 0.15) is 5.82 Å². The zero-order chi connectivity index (χ0) is 9.03. The number of hydrogen-bond donors (Lipinski definition) is 0. The Morgan fingerprint density at radius 2 is 1.75 bits per heavy atom. The van der Waals surface area contributed by atoms with Crippen molar-refractivity contribution in [3.63, 3.8) is 0 Å². The van der Waals surface area contributed by atoms with Gasteiger partial charge in [0.2, 0.25) is 5.82 Å². The molecular formula is C9H12N2S. The molecule has 64 valence electrons. The highest BCUT2D eigenvalue weighted by molar-refractivity contribution is 8.35. The van der Waals surface area contributed by atoms with Crippen LogP contribution in [0.5, 0.6) is 0 Å². The molecular weight excluding hydrogens is 168 g/mol. The Labute approximate surface area is 74.8 Å². The summed E-state index contributed by atoms with van der Waals surface area (Å²) in [6, 6.07) is 1.79. The van der Waals surface area contributed by atoms with E-state index in [0.717, 1.165) is 0 Å². The molecule has 0 aromatic carbocycles. The van der Waals surface area contributed by atoms with E-state index in [4.69, 9.17) is 0 Å². The normalized spacial score (nSPS) is 11.6. The third kappa shape index (κ3) is 3.40. The summed E-state index contributed by atoms with van der Waals surface area (Å²) < 4.78 is 0. The number of aromatic nitrogens is 2. The van der Waals surface area contributed by atoms with Gasteiger partial charge in [-0.25, -0.2) is 9.97 Å². The van der Waals surface area contributed by atoms with E-state index in [1.165, 1.54) is 0 Å². The maximum absolute atomic E-state index is 4.01. The topological polar surface area (TPSA) is 25.8 Å². The van der Waals surface area contributed by atoms with E-state index in [1.807, 2.05) is 0 Å². The van der Waals surface area contributed by atoms with Gasteiger partial charge in [0, 0.05) is 12.4 Å². The van der Waals surface area contributed by atoms with E-state index in [1.54, 1.807) is 18.5 Å². The van der Waals surface area contributed by atoms with Gasteiger partial charge in [-0.1, -0.05) is 0 Å². The Bertz CT molecular complexity index is 303. The van der Waals surface area contributed by atoms with Crippen molar-refractivity contribution in [2.24, 2.45) is 0 Å². The molecule has 1 aromatic heterocycles. The van der Waals surface area contributed by atoms with Crippen LogP contribution in [0.25, 0.3) is 0 Å². The summed E-state index contributed by atoms with van der Waals surface area (Å²) in [6.45, 7) is 0. The summed E-state index contributed by atoms with van der Waals surface area (Å²) in [7, 11) is -0.763. The molecule has 1 heterocycles. The summed E-state index contributed by atoms with van der Waals surface area (Å²) >= 11 is 0. The molecule has 0 amide bonds. The van der Waals surface area contributed by atoms with Crippen molar-refractivity contribution in [1.29, 1.82) is 0 Å². The molecule has 0 N–H and O–H groups in total. The van der Waals surface area contributed by atoms with E-state index in [-0.39, 0.29) is 0 Å². The van der Waals surface area contributed by atoms with Crippen LogP contribution in [0.4, 0.5) is 0 Å². The first kappa shape index (κ1) is 9.08. The predicted octanol–water partition coefficient (Wildman–Crippen LogP) is 1.48. The molecule has 1 aromatic rings. The summed E-state index contributed by atoms with van der Waals surface area (Å²) in [5, 5.41) is 3.15. The number of nitrogens with zero attached hydrogens (tertiary/aromatic N) is 2. The van der Waals surface area contributed by atoms with Gasteiger partial charge in [-0.2, -0.15) is 10.0 Å². The molecule has 0 saturated carbocycles. The van der Waals surface area contributed by atoms with Gasteiger partial charge in [0.25, 0.3) is 0 Å². The van der Waals surface area contributed by atoms with Crippen molar-refractivity contribution in [3.05, 3.63) is 24.3 Å². The minimum Gasteiger partial charge on any atom is -0.229 e. The van der Waals surface area contributed by atoms with Gasteiger partial charge in [0.05, 0.1) is 0 Å². The monoisotopic (exact) mass is 180 g/mol. The first-order valence-corrected chi connectivity index (χ1v) is 6.42. The molecule has 3 heteroatoms. The summed E-state index contributed by atoms with van der Waals surface area (Å²) in [5.74, 6) is 3.56. The van der Waals surface area contributed by atoms with E-state index in [2.05, 4.69) is 39.9 Å². The molecule has 12 heavy (non-hydrogen) atoms. The van der Waals surface area contributed by atoms with Crippen molar-refractivity contribution >= 4 is 10.0 Å². The van der Waals surface area contributed by atoms with Gasteiger partial charge in [-0.3, -0.25) is 0 Å². The standard InChI is InChI=1S/C9H12N2S/c1-12(2,3)8-5-9-10-6-4-7-11-9/h4,6-7H,1-3H3. The summed E-state index contributed by atoms with van der Waals surface area (Å²) in [5.41, 5.74) is 0. The quantitative estimate of drug-likeness (QED) is 0.565. The van der Waals surface area contributed by atoms with Gasteiger partial charge < -0.3 is 0 Å². The van der Waals surface area contributed by atoms with Gasteiger partial charge in [0.1, 0.15) is 0 Å². The van der Waals surface area contributed by atoms with Crippen LogP contribution in [0, 0.1) is 11.2 Å². The van der Waals surface area contributed by atoms with Gasteiger partial charge in [0.15, 0.2) is 0 Å². The first-order valence-electron chi connectivity index (χ1n) is 3.56. The second-order valence-electron chi connectivity index (χ2n) is 3.14. The maximum Gasteiger partial charge on any atom is 0.205 e. The average Bonchev–Trinajstić information content (AvgIpc) is 2.02. The lowest BCUT2D eigenvalue weighted by molar-refractivity contribution is 1.13. The fourth-order valence-electron chi connectivity index (χ4n) is 0.562. The molecule has 2 nitrogen and oxygen atoms in total. The molecule has 0 radical (unpaired) electrons. The molecule has 0 aliphatic rings. The Morgan fingerprint density at radius 3 is 2.25 bits per heavy atom. The van der Waals surface area contributed by atoms with E-state index in [9.17, 15) is 0 Å². The number of rotatable bonds is 0. The second-order valence-corrected chi connectivity index (χ2v) is 7.01. The Hall–Kier alpha value is -1.01. The predicted molar refractivity (Wildman–Crippen MR) is 54.3 cm³/mol. The third-order valence-corrected chi connectivity index (χ3v) is 1.75. The Balaban J connectivity index is 2.81. The maximum atomic E-state index is 4.01. The first-order chi connectivity index (χ1) is 5.58. The fourth-order valence-corrected chi connectivity index (χ4v) is 0.960. The molecule has 0 fully saturated rings. The average molecular weight is 180 g/mol. The highest BCUT2D eigenvalue weighted by Gasteiger charge is 1.96. The van der Waals surface area contributed by atoms with Gasteiger partial charge in [-0.15, -0.1) is 0 Å². The fraction of sp³-hybridized carbons (Fsp3) is 0.333. The molecule has 0 unspecified atom stereocenters. The minimum absolute atomic E-state index is 0.611. The lowest BCUT2D eigenvalue weighted by Gasteiger charge is -2.14. The number of hydrogen-bond acceptors (Lipinski definition) is 2. The lowest BCUT2D eigenvalue weighted by atomic mass is 10.6.